The van der Waals surface area contributed by atoms with Crippen molar-refractivity contribution in [2.75, 3.05) is 0 Å². The minimum Gasteiger partial charge on any atom is -0.461 e. The second-order valence-corrected chi connectivity index (χ2v) is 4.66. The fraction of sp³-hybridized carbons (Fsp3) is 0.333. The molecule has 2 aromatic rings. The molecule has 0 aliphatic carbocycles. The van der Waals surface area contributed by atoms with Crippen molar-refractivity contribution in [2.24, 2.45) is 0 Å². The zero-order valence-corrected chi connectivity index (χ0v) is 9.60. The lowest BCUT2D eigenvalue weighted by Gasteiger charge is -2.18. The van der Waals surface area contributed by atoms with Crippen molar-refractivity contribution in [1.82, 2.24) is 9.78 Å². The monoisotopic (exact) mass is 218 g/mol. The average molecular weight is 218 g/mol. The minimum atomic E-state index is -0.0661. The highest BCUT2D eigenvalue weighted by molar-refractivity contribution is 5.83. The van der Waals surface area contributed by atoms with Crippen LogP contribution in [0.5, 0.6) is 0 Å². The number of carbonyl (C=O) groups excluding carboxylic acids is 1. The van der Waals surface area contributed by atoms with Crippen molar-refractivity contribution >= 4 is 6.29 Å². The van der Waals surface area contributed by atoms with Gasteiger partial charge in [0.05, 0.1) is 18.0 Å². The smallest absolute Gasteiger partial charge is 0.185 e. The first-order chi connectivity index (χ1) is 7.52. The summed E-state index contributed by atoms with van der Waals surface area (Å²) in [6.07, 6.45) is 5.87. The molecule has 2 rings (SSSR count). The van der Waals surface area contributed by atoms with Crippen molar-refractivity contribution in [1.29, 1.82) is 0 Å². The quantitative estimate of drug-likeness (QED) is 0.728. The second-order valence-electron chi connectivity index (χ2n) is 4.66. The van der Waals surface area contributed by atoms with Crippen LogP contribution in [0, 0.1) is 0 Å². The van der Waals surface area contributed by atoms with Crippen LogP contribution in [-0.2, 0) is 5.54 Å². The van der Waals surface area contributed by atoms with Gasteiger partial charge in [0.15, 0.2) is 12.0 Å². The lowest BCUT2D eigenvalue weighted by molar-refractivity contribution is 0.110. The molecule has 0 fully saturated rings. The van der Waals surface area contributed by atoms with Gasteiger partial charge in [-0.1, -0.05) is 0 Å². The SMILES string of the molecule is CC(C)(C)n1cc(-c2ccoc2C=O)cn1. The Morgan fingerprint density at radius 2 is 2.19 bits per heavy atom. The maximum Gasteiger partial charge on any atom is 0.185 e. The number of carbonyl (C=O) groups is 1. The molecule has 0 aliphatic heterocycles. The Hall–Kier alpha value is -1.84. The van der Waals surface area contributed by atoms with Gasteiger partial charge >= 0.3 is 0 Å². The third-order valence-electron chi connectivity index (χ3n) is 2.38. The lowest BCUT2D eigenvalue weighted by Crippen LogP contribution is -2.21. The number of aldehydes is 1. The van der Waals surface area contributed by atoms with Crippen LogP contribution in [-0.4, -0.2) is 16.1 Å². The summed E-state index contributed by atoms with van der Waals surface area (Å²) >= 11 is 0. The van der Waals surface area contributed by atoms with Gasteiger partial charge in [0.2, 0.25) is 0 Å². The van der Waals surface area contributed by atoms with Crippen LogP contribution in [0.25, 0.3) is 11.1 Å². The van der Waals surface area contributed by atoms with E-state index in [4.69, 9.17) is 4.42 Å². The van der Waals surface area contributed by atoms with Gasteiger partial charge in [-0.15, -0.1) is 0 Å². The third-order valence-corrected chi connectivity index (χ3v) is 2.38. The summed E-state index contributed by atoms with van der Waals surface area (Å²) in [6, 6.07) is 1.77. The first kappa shape index (κ1) is 10.7. The van der Waals surface area contributed by atoms with Crippen LogP contribution < -0.4 is 0 Å². The minimum absolute atomic E-state index is 0.0661. The Bertz CT molecular complexity index is 503. The molecule has 84 valence electrons. The van der Waals surface area contributed by atoms with E-state index in [2.05, 4.69) is 25.9 Å². The summed E-state index contributed by atoms with van der Waals surface area (Å²) in [5.74, 6) is 0.341. The summed E-state index contributed by atoms with van der Waals surface area (Å²) in [5.41, 5.74) is 1.61. The van der Waals surface area contributed by atoms with Gasteiger partial charge in [-0.3, -0.25) is 9.48 Å². The maximum absolute atomic E-state index is 10.7. The molecule has 0 saturated carbocycles. The van der Waals surface area contributed by atoms with E-state index in [0.717, 1.165) is 11.1 Å². The molecule has 0 unspecified atom stereocenters. The topological polar surface area (TPSA) is 48.0 Å². The molecule has 0 spiro atoms. The normalized spacial score (nSPS) is 11.7. The lowest BCUT2D eigenvalue weighted by atomic mass is 10.1. The Morgan fingerprint density at radius 1 is 1.44 bits per heavy atom. The molecular formula is C12H14N2O2. The van der Waals surface area contributed by atoms with E-state index in [0.29, 0.717) is 12.0 Å². The van der Waals surface area contributed by atoms with Crippen molar-refractivity contribution in [3.05, 3.63) is 30.5 Å². The summed E-state index contributed by atoms with van der Waals surface area (Å²) < 4.78 is 6.92. The van der Waals surface area contributed by atoms with E-state index in [-0.39, 0.29) is 5.54 Å². The molecule has 0 atom stereocenters. The van der Waals surface area contributed by atoms with Crippen LogP contribution in [0.4, 0.5) is 0 Å². The summed E-state index contributed by atoms with van der Waals surface area (Å²) in [6.45, 7) is 6.21. The van der Waals surface area contributed by atoms with Gasteiger partial charge in [0.25, 0.3) is 0 Å². The van der Waals surface area contributed by atoms with Crippen molar-refractivity contribution in [3.8, 4) is 11.1 Å². The molecule has 4 nitrogen and oxygen atoms in total. The highest BCUT2D eigenvalue weighted by Crippen LogP contribution is 2.25. The van der Waals surface area contributed by atoms with E-state index in [1.54, 1.807) is 12.3 Å². The molecule has 0 bridgehead atoms. The predicted octanol–water partition coefficient (Wildman–Crippen LogP) is 2.71. The van der Waals surface area contributed by atoms with Crippen LogP contribution in [0.3, 0.4) is 0 Å². The Balaban J connectivity index is 2.43. The summed E-state index contributed by atoms with van der Waals surface area (Å²) in [4.78, 5) is 10.7. The number of nitrogens with zero attached hydrogens (tertiary/aromatic N) is 2. The molecule has 0 saturated heterocycles. The van der Waals surface area contributed by atoms with E-state index in [1.165, 1.54) is 6.26 Å². The van der Waals surface area contributed by atoms with E-state index >= 15 is 0 Å². The highest BCUT2D eigenvalue weighted by atomic mass is 16.3. The predicted molar refractivity (Wildman–Crippen MR) is 60.3 cm³/mol. The molecule has 0 radical (unpaired) electrons. The molecule has 0 N–H and O–H groups in total. The standard InChI is InChI=1S/C12H14N2O2/c1-12(2,3)14-7-9(6-13-14)10-4-5-16-11(10)8-15/h4-8H,1-3H3. The number of hydrogen-bond donors (Lipinski definition) is 0. The zero-order chi connectivity index (χ0) is 11.8. The number of aromatic nitrogens is 2. The molecule has 0 aliphatic rings. The summed E-state index contributed by atoms with van der Waals surface area (Å²) in [7, 11) is 0. The summed E-state index contributed by atoms with van der Waals surface area (Å²) in [5, 5.41) is 4.28. The largest absolute Gasteiger partial charge is 0.461 e. The molecule has 4 heteroatoms. The molecule has 16 heavy (non-hydrogen) atoms. The van der Waals surface area contributed by atoms with Crippen LogP contribution in [0.2, 0.25) is 0 Å². The van der Waals surface area contributed by atoms with Gasteiger partial charge in [0.1, 0.15) is 0 Å². The second kappa shape index (κ2) is 3.63. The van der Waals surface area contributed by atoms with Crippen LogP contribution >= 0.6 is 0 Å². The maximum atomic E-state index is 10.7. The van der Waals surface area contributed by atoms with Crippen molar-refractivity contribution in [3.63, 3.8) is 0 Å². The Kier molecular flexibility index (Phi) is 2.42. The first-order valence-electron chi connectivity index (χ1n) is 5.10. The van der Waals surface area contributed by atoms with Gasteiger partial charge in [-0.25, -0.2) is 0 Å². The van der Waals surface area contributed by atoms with Gasteiger partial charge < -0.3 is 4.42 Å². The fourth-order valence-electron chi connectivity index (χ4n) is 1.48. The molecular weight excluding hydrogens is 204 g/mol. The molecule has 0 aromatic carbocycles. The van der Waals surface area contributed by atoms with Gasteiger partial charge in [0, 0.05) is 17.3 Å². The Morgan fingerprint density at radius 3 is 2.75 bits per heavy atom. The van der Waals surface area contributed by atoms with Crippen LogP contribution in [0.1, 0.15) is 31.3 Å². The highest BCUT2D eigenvalue weighted by Gasteiger charge is 2.16. The third kappa shape index (κ3) is 1.78. The number of furan rings is 1. The van der Waals surface area contributed by atoms with E-state index in [9.17, 15) is 4.79 Å². The first-order valence-corrected chi connectivity index (χ1v) is 5.10. The van der Waals surface area contributed by atoms with Gasteiger partial charge in [-0.2, -0.15) is 5.10 Å². The van der Waals surface area contributed by atoms with E-state index in [1.807, 2.05) is 10.9 Å². The molecule has 0 amide bonds. The average Bonchev–Trinajstić information content (AvgIpc) is 2.84. The van der Waals surface area contributed by atoms with Gasteiger partial charge in [-0.05, 0) is 26.8 Å². The van der Waals surface area contributed by atoms with E-state index < -0.39 is 0 Å². The van der Waals surface area contributed by atoms with Crippen LogP contribution in [0.15, 0.2) is 29.1 Å². The van der Waals surface area contributed by atoms with Crippen molar-refractivity contribution < 1.29 is 9.21 Å². The fourth-order valence-corrected chi connectivity index (χ4v) is 1.48. The number of hydrogen-bond acceptors (Lipinski definition) is 3. The van der Waals surface area contributed by atoms with Crippen molar-refractivity contribution in [2.45, 2.75) is 26.3 Å². The Labute approximate surface area is 93.9 Å². The number of rotatable bonds is 2. The molecule has 2 heterocycles. The molecule has 2 aromatic heterocycles. The zero-order valence-electron chi connectivity index (χ0n) is 9.60.